The molecule has 1 aliphatic heterocycles. The molecule has 1 aliphatic carbocycles. The Kier molecular flexibility index (Phi) is 5.65. The Morgan fingerprint density at radius 1 is 1.24 bits per heavy atom. The molecule has 1 saturated heterocycles. The second-order valence-corrected chi connectivity index (χ2v) is 6.97. The zero-order chi connectivity index (χ0) is 17.8. The topological polar surface area (TPSA) is 67.2 Å². The number of urea groups is 1. The van der Waals surface area contributed by atoms with Gasteiger partial charge in [0.2, 0.25) is 0 Å². The highest BCUT2D eigenvalue weighted by molar-refractivity contribution is 5.74. The zero-order valence-corrected chi connectivity index (χ0v) is 14.2. The molecule has 3 rings (SSSR count). The summed E-state index contributed by atoms with van der Waals surface area (Å²) in [6.45, 7) is 1.76. The lowest BCUT2D eigenvalue weighted by Crippen LogP contribution is -2.47. The van der Waals surface area contributed by atoms with Gasteiger partial charge in [0.1, 0.15) is 5.69 Å². The summed E-state index contributed by atoms with van der Waals surface area (Å²) in [7, 11) is 0. The van der Waals surface area contributed by atoms with Gasteiger partial charge in [0.15, 0.2) is 0 Å². The molecule has 0 atom stereocenters. The van der Waals surface area contributed by atoms with Crippen LogP contribution in [0.4, 0.5) is 13.6 Å². The lowest BCUT2D eigenvalue weighted by molar-refractivity contribution is 0.145. The quantitative estimate of drug-likeness (QED) is 0.904. The summed E-state index contributed by atoms with van der Waals surface area (Å²) in [4.78, 5) is 29.6. The molecule has 0 bridgehead atoms. The summed E-state index contributed by atoms with van der Waals surface area (Å²) in [6.07, 6.45) is 4.54. The van der Waals surface area contributed by atoms with Crippen LogP contribution in [0.2, 0.25) is 0 Å². The molecule has 1 saturated carbocycles. The van der Waals surface area contributed by atoms with Crippen molar-refractivity contribution in [1.29, 1.82) is 0 Å². The normalized spacial score (nSPS) is 19.6. The third-order valence-electron chi connectivity index (χ3n) is 5.16. The fourth-order valence-corrected chi connectivity index (χ4v) is 3.63. The van der Waals surface area contributed by atoms with Gasteiger partial charge >= 0.3 is 6.03 Å². The summed E-state index contributed by atoms with van der Waals surface area (Å²) in [5.41, 5.74) is -0.939. The number of alkyl halides is 2. The lowest BCUT2D eigenvalue weighted by Gasteiger charge is -2.33. The van der Waals surface area contributed by atoms with E-state index in [1.54, 1.807) is 0 Å². The molecule has 1 aromatic heterocycles. The van der Waals surface area contributed by atoms with E-state index < -0.39 is 17.7 Å². The molecular formula is C17H24F2N4O2. The predicted octanol–water partition coefficient (Wildman–Crippen LogP) is 2.55. The van der Waals surface area contributed by atoms with Crippen LogP contribution in [0.3, 0.4) is 0 Å². The van der Waals surface area contributed by atoms with Crippen LogP contribution in [-0.2, 0) is 6.54 Å². The number of hydrogen-bond donors (Lipinski definition) is 1. The molecule has 0 aromatic carbocycles. The van der Waals surface area contributed by atoms with Crippen LogP contribution in [0.1, 0.15) is 50.6 Å². The fourth-order valence-electron chi connectivity index (χ4n) is 3.63. The number of carbonyl (C=O) groups excluding carboxylic acids is 1. The molecular weight excluding hydrogens is 330 g/mol. The van der Waals surface area contributed by atoms with Crippen molar-refractivity contribution in [2.24, 2.45) is 5.92 Å². The molecule has 2 aliphatic rings. The molecule has 2 heterocycles. The van der Waals surface area contributed by atoms with Gasteiger partial charge in [-0.2, -0.15) is 0 Å². The van der Waals surface area contributed by atoms with Crippen LogP contribution in [0.15, 0.2) is 17.2 Å². The van der Waals surface area contributed by atoms with Crippen LogP contribution in [0.25, 0.3) is 0 Å². The molecule has 1 N–H and O–H groups in total. The number of halogens is 2. The van der Waals surface area contributed by atoms with Crippen LogP contribution in [0, 0.1) is 5.92 Å². The molecule has 2 amide bonds. The van der Waals surface area contributed by atoms with Crippen LogP contribution < -0.4 is 10.9 Å². The van der Waals surface area contributed by atoms with Crippen molar-refractivity contribution in [1.82, 2.24) is 19.8 Å². The van der Waals surface area contributed by atoms with Crippen molar-refractivity contribution in [3.8, 4) is 0 Å². The van der Waals surface area contributed by atoms with Gasteiger partial charge in [0, 0.05) is 31.7 Å². The van der Waals surface area contributed by atoms with Gasteiger partial charge in [0.05, 0.1) is 6.33 Å². The zero-order valence-electron chi connectivity index (χ0n) is 14.2. The first kappa shape index (κ1) is 17.8. The van der Waals surface area contributed by atoms with E-state index in [9.17, 15) is 18.4 Å². The lowest BCUT2D eigenvalue weighted by atomic mass is 9.97. The number of amides is 2. The highest BCUT2D eigenvalue weighted by Gasteiger charge is 2.25. The van der Waals surface area contributed by atoms with E-state index in [0.29, 0.717) is 25.7 Å². The van der Waals surface area contributed by atoms with Gasteiger partial charge in [-0.05, 0) is 31.6 Å². The van der Waals surface area contributed by atoms with Crippen molar-refractivity contribution < 1.29 is 13.6 Å². The Labute approximate surface area is 145 Å². The van der Waals surface area contributed by atoms with Crippen molar-refractivity contribution in [2.75, 3.05) is 13.1 Å². The number of hydrogen-bond acceptors (Lipinski definition) is 3. The van der Waals surface area contributed by atoms with E-state index >= 15 is 0 Å². The maximum Gasteiger partial charge on any atom is 0.317 e. The molecule has 0 radical (unpaired) electrons. The Balaban J connectivity index is 1.49. The number of nitrogens with zero attached hydrogens (tertiary/aromatic N) is 3. The van der Waals surface area contributed by atoms with E-state index in [0.717, 1.165) is 31.7 Å². The van der Waals surface area contributed by atoms with Crippen molar-refractivity contribution in [3.63, 3.8) is 0 Å². The van der Waals surface area contributed by atoms with E-state index in [4.69, 9.17) is 0 Å². The predicted molar refractivity (Wildman–Crippen MR) is 88.5 cm³/mol. The average molecular weight is 354 g/mol. The van der Waals surface area contributed by atoms with Gasteiger partial charge in [-0.15, -0.1) is 0 Å². The minimum Gasteiger partial charge on any atom is -0.335 e. The van der Waals surface area contributed by atoms with E-state index in [1.807, 2.05) is 4.90 Å². The van der Waals surface area contributed by atoms with Gasteiger partial charge in [-0.25, -0.2) is 18.6 Å². The molecule has 138 valence electrons. The summed E-state index contributed by atoms with van der Waals surface area (Å²) in [5.74, 6) is 0.243. The summed E-state index contributed by atoms with van der Waals surface area (Å²) in [5, 5.41) is 3.09. The van der Waals surface area contributed by atoms with E-state index in [-0.39, 0.29) is 11.9 Å². The van der Waals surface area contributed by atoms with Gasteiger partial charge in [0.25, 0.3) is 12.0 Å². The first-order valence-corrected chi connectivity index (χ1v) is 8.93. The van der Waals surface area contributed by atoms with E-state index in [1.165, 1.54) is 23.7 Å². The third kappa shape index (κ3) is 4.55. The standard InChI is InChI=1S/C17H24F2N4O2/c18-16(19)14-9-15(24)23(11-20-14)10-12-5-7-22(8-6-12)17(25)21-13-3-1-2-4-13/h9,11-13,16H,1-8,10H2,(H,21,25). The number of rotatable bonds is 4. The molecule has 8 heteroatoms. The van der Waals surface area contributed by atoms with Gasteiger partial charge in [-0.1, -0.05) is 12.8 Å². The molecule has 0 unspecified atom stereocenters. The Hall–Kier alpha value is -1.99. The van der Waals surface area contributed by atoms with Crippen LogP contribution >= 0.6 is 0 Å². The van der Waals surface area contributed by atoms with Crippen molar-refractivity contribution >= 4 is 6.03 Å². The van der Waals surface area contributed by atoms with Gasteiger partial charge in [-0.3, -0.25) is 9.36 Å². The SMILES string of the molecule is O=C(NC1CCCC1)N1CCC(Cn2cnc(C(F)F)cc2=O)CC1. The maximum absolute atomic E-state index is 12.5. The monoisotopic (exact) mass is 354 g/mol. The fraction of sp³-hybridized carbons (Fsp3) is 0.706. The highest BCUT2D eigenvalue weighted by atomic mass is 19.3. The third-order valence-corrected chi connectivity index (χ3v) is 5.16. The summed E-state index contributed by atoms with van der Waals surface area (Å²) in [6, 6.07) is 1.21. The average Bonchev–Trinajstić information content (AvgIpc) is 3.10. The number of likely N-dealkylation sites (tertiary alicyclic amines) is 1. The van der Waals surface area contributed by atoms with Crippen LogP contribution in [0.5, 0.6) is 0 Å². The molecule has 1 aromatic rings. The Morgan fingerprint density at radius 3 is 2.52 bits per heavy atom. The Morgan fingerprint density at radius 2 is 1.92 bits per heavy atom. The Bertz CT molecular complexity index is 650. The molecule has 2 fully saturated rings. The molecule has 0 spiro atoms. The van der Waals surface area contributed by atoms with Crippen LogP contribution in [-0.4, -0.2) is 39.6 Å². The largest absolute Gasteiger partial charge is 0.335 e. The minimum absolute atomic E-state index is 0.00506. The second kappa shape index (κ2) is 7.93. The number of piperidine rings is 1. The smallest absolute Gasteiger partial charge is 0.317 e. The first-order chi connectivity index (χ1) is 12.0. The van der Waals surface area contributed by atoms with Crippen molar-refractivity contribution in [3.05, 3.63) is 28.4 Å². The molecule has 25 heavy (non-hydrogen) atoms. The number of carbonyl (C=O) groups is 1. The second-order valence-electron chi connectivity index (χ2n) is 6.97. The van der Waals surface area contributed by atoms with Crippen molar-refractivity contribution in [2.45, 2.75) is 57.5 Å². The number of aromatic nitrogens is 2. The highest BCUT2D eigenvalue weighted by Crippen LogP contribution is 2.21. The molecule has 6 nitrogen and oxygen atoms in total. The summed E-state index contributed by atoms with van der Waals surface area (Å²) < 4.78 is 26.5. The van der Waals surface area contributed by atoms with Gasteiger partial charge < -0.3 is 10.2 Å². The number of nitrogens with one attached hydrogen (secondary N) is 1. The van der Waals surface area contributed by atoms with E-state index in [2.05, 4.69) is 10.3 Å². The first-order valence-electron chi connectivity index (χ1n) is 8.93. The maximum atomic E-state index is 12.5. The summed E-state index contributed by atoms with van der Waals surface area (Å²) >= 11 is 0. The minimum atomic E-state index is -2.73.